The summed E-state index contributed by atoms with van der Waals surface area (Å²) in [4.78, 5) is 0. The Kier molecular flexibility index (Phi) is 5.86. The van der Waals surface area contributed by atoms with E-state index in [0.717, 1.165) is 17.2 Å². The molecule has 1 fully saturated rings. The molecule has 0 saturated heterocycles. The predicted molar refractivity (Wildman–Crippen MR) is 106 cm³/mol. The Labute approximate surface area is 150 Å². The summed E-state index contributed by atoms with van der Waals surface area (Å²) in [7, 11) is 0. The lowest BCUT2D eigenvalue weighted by Crippen LogP contribution is -2.43. The standard InChI is InChI=1S/C21H26N2S/c1-16-9-5-7-13-19(16)22-21(24)23-20-14-8-6-12-18(20)15-17-10-3-2-4-11-17/h2-4,6,8,10-12,14,16,19H,5,7,9,13,15H2,1H3,(H2,22,23,24)/t16-,19-/m1/s1. The predicted octanol–water partition coefficient (Wildman–Crippen LogP) is 5.14. The Morgan fingerprint density at radius 1 is 1.00 bits per heavy atom. The van der Waals surface area contributed by atoms with Gasteiger partial charge in [-0.15, -0.1) is 0 Å². The highest BCUT2D eigenvalue weighted by atomic mass is 32.1. The molecule has 126 valence electrons. The summed E-state index contributed by atoms with van der Waals surface area (Å²) < 4.78 is 0. The van der Waals surface area contributed by atoms with Crippen LogP contribution in [-0.4, -0.2) is 11.2 Å². The van der Waals surface area contributed by atoms with Crippen LogP contribution in [0.3, 0.4) is 0 Å². The first-order valence-corrected chi connectivity index (χ1v) is 9.32. The summed E-state index contributed by atoms with van der Waals surface area (Å²) in [5, 5.41) is 7.69. The van der Waals surface area contributed by atoms with Crippen molar-refractivity contribution in [2.24, 2.45) is 5.92 Å². The van der Waals surface area contributed by atoms with E-state index in [0.29, 0.717) is 12.0 Å². The summed E-state index contributed by atoms with van der Waals surface area (Å²) in [6, 6.07) is 19.5. The van der Waals surface area contributed by atoms with Gasteiger partial charge in [0.15, 0.2) is 5.11 Å². The maximum Gasteiger partial charge on any atom is 0.171 e. The number of hydrogen-bond acceptors (Lipinski definition) is 1. The largest absolute Gasteiger partial charge is 0.359 e. The maximum absolute atomic E-state index is 5.57. The number of nitrogens with one attached hydrogen (secondary N) is 2. The molecule has 3 rings (SSSR count). The Hall–Kier alpha value is -1.87. The molecule has 0 bridgehead atoms. The molecule has 2 nitrogen and oxygen atoms in total. The molecule has 2 aromatic carbocycles. The molecule has 2 atom stereocenters. The molecule has 1 aliphatic carbocycles. The molecule has 0 aromatic heterocycles. The molecule has 0 heterocycles. The van der Waals surface area contributed by atoms with Crippen LogP contribution < -0.4 is 10.6 Å². The lowest BCUT2D eigenvalue weighted by Gasteiger charge is -2.30. The minimum atomic E-state index is 0.500. The van der Waals surface area contributed by atoms with Gasteiger partial charge in [-0.2, -0.15) is 0 Å². The summed E-state index contributed by atoms with van der Waals surface area (Å²) >= 11 is 5.57. The second kappa shape index (κ2) is 8.29. The highest BCUT2D eigenvalue weighted by molar-refractivity contribution is 7.80. The van der Waals surface area contributed by atoms with Gasteiger partial charge in [0.05, 0.1) is 0 Å². The molecule has 0 unspecified atom stereocenters. The fourth-order valence-corrected chi connectivity index (χ4v) is 3.73. The molecule has 2 N–H and O–H groups in total. The van der Waals surface area contributed by atoms with E-state index in [1.54, 1.807) is 0 Å². The summed E-state index contributed by atoms with van der Waals surface area (Å²) in [5.41, 5.74) is 3.68. The Bertz CT molecular complexity index is 669. The zero-order valence-electron chi connectivity index (χ0n) is 14.3. The van der Waals surface area contributed by atoms with Crippen molar-refractivity contribution in [1.29, 1.82) is 0 Å². The van der Waals surface area contributed by atoms with Crippen LogP contribution in [0.25, 0.3) is 0 Å². The first-order chi connectivity index (χ1) is 11.7. The van der Waals surface area contributed by atoms with Crippen LogP contribution in [0.2, 0.25) is 0 Å². The van der Waals surface area contributed by atoms with Gasteiger partial charge in [0.2, 0.25) is 0 Å². The van der Waals surface area contributed by atoms with Gasteiger partial charge < -0.3 is 10.6 Å². The zero-order valence-corrected chi connectivity index (χ0v) is 15.1. The van der Waals surface area contributed by atoms with Gasteiger partial charge in [-0.25, -0.2) is 0 Å². The van der Waals surface area contributed by atoms with Crippen LogP contribution in [0.1, 0.15) is 43.7 Å². The first kappa shape index (κ1) is 17.0. The number of thiocarbonyl (C=S) groups is 1. The second-order valence-corrected chi connectivity index (χ2v) is 7.19. The van der Waals surface area contributed by atoms with E-state index in [1.165, 1.54) is 36.8 Å². The van der Waals surface area contributed by atoms with E-state index in [9.17, 15) is 0 Å². The highest BCUT2D eigenvalue weighted by Crippen LogP contribution is 2.24. The van der Waals surface area contributed by atoms with Gasteiger partial charge in [0.25, 0.3) is 0 Å². The molecule has 0 radical (unpaired) electrons. The van der Waals surface area contributed by atoms with Crippen molar-refractivity contribution in [1.82, 2.24) is 5.32 Å². The van der Waals surface area contributed by atoms with Crippen molar-refractivity contribution in [3.05, 3.63) is 65.7 Å². The average molecular weight is 339 g/mol. The van der Waals surface area contributed by atoms with Crippen molar-refractivity contribution in [2.75, 3.05) is 5.32 Å². The van der Waals surface area contributed by atoms with Gasteiger partial charge in [-0.1, -0.05) is 68.3 Å². The number of anilines is 1. The number of rotatable bonds is 4. The Balaban J connectivity index is 1.65. The van der Waals surface area contributed by atoms with E-state index in [2.05, 4.69) is 72.2 Å². The van der Waals surface area contributed by atoms with Crippen LogP contribution in [0.15, 0.2) is 54.6 Å². The third-order valence-corrected chi connectivity index (χ3v) is 5.15. The summed E-state index contributed by atoms with van der Waals surface area (Å²) in [5.74, 6) is 0.693. The van der Waals surface area contributed by atoms with E-state index in [1.807, 2.05) is 0 Å². The molecule has 2 aromatic rings. The lowest BCUT2D eigenvalue weighted by molar-refractivity contribution is 0.309. The zero-order chi connectivity index (χ0) is 16.8. The summed E-state index contributed by atoms with van der Waals surface area (Å²) in [6.45, 7) is 2.32. The monoisotopic (exact) mass is 338 g/mol. The molecule has 0 aliphatic heterocycles. The van der Waals surface area contributed by atoms with Crippen molar-refractivity contribution >= 4 is 23.0 Å². The van der Waals surface area contributed by atoms with Gasteiger partial charge in [0.1, 0.15) is 0 Å². The Morgan fingerprint density at radius 3 is 2.50 bits per heavy atom. The van der Waals surface area contributed by atoms with E-state index < -0.39 is 0 Å². The smallest absolute Gasteiger partial charge is 0.171 e. The van der Waals surface area contributed by atoms with E-state index in [4.69, 9.17) is 12.2 Å². The number of benzene rings is 2. The molecular weight excluding hydrogens is 312 g/mol. The summed E-state index contributed by atoms with van der Waals surface area (Å²) in [6.07, 6.45) is 6.07. The van der Waals surface area contributed by atoms with Crippen LogP contribution in [0.5, 0.6) is 0 Å². The fraction of sp³-hybridized carbons (Fsp3) is 0.381. The SMILES string of the molecule is C[C@@H]1CCCC[C@H]1NC(=S)Nc1ccccc1Cc1ccccc1. The molecule has 24 heavy (non-hydrogen) atoms. The van der Waals surface area contributed by atoms with Gasteiger partial charge in [-0.05, 0) is 54.6 Å². The average Bonchev–Trinajstić information content (AvgIpc) is 2.60. The third-order valence-electron chi connectivity index (χ3n) is 4.93. The van der Waals surface area contributed by atoms with Gasteiger partial charge in [-0.3, -0.25) is 0 Å². The van der Waals surface area contributed by atoms with Crippen LogP contribution >= 0.6 is 12.2 Å². The molecule has 0 amide bonds. The van der Waals surface area contributed by atoms with Crippen molar-refractivity contribution in [3.63, 3.8) is 0 Å². The minimum Gasteiger partial charge on any atom is -0.359 e. The van der Waals surface area contributed by atoms with Gasteiger partial charge >= 0.3 is 0 Å². The van der Waals surface area contributed by atoms with Crippen molar-refractivity contribution in [2.45, 2.75) is 45.1 Å². The highest BCUT2D eigenvalue weighted by Gasteiger charge is 2.21. The van der Waals surface area contributed by atoms with Crippen LogP contribution in [-0.2, 0) is 6.42 Å². The number of hydrogen-bond donors (Lipinski definition) is 2. The van der Waals surface area contributed by atoms with Crippen LogP contribution in [0.4, 0.5) is 5.69 Å². The molecule has 1 saturated carbocycles. The topological polar surface area (TPSA) is 24.1 Å². The van der Waals surface area contributed by atoms with E-state index >= 15 is 0 Å². The maximum atomic E-state index is 5.57. The molecular formula is C21H26N2S. The van der Waals surface area contributed by atoms with Crippen LogP contribution in [0, 0.1) is 5.92 Å². The van der Waals surface area contributed by atoms with Crippen molar-refractivity contribution in [3.8, 4) is 0 Å². The first-order valence-electron chi connectivity index (χ1n) is 8.92. The lowest BCUT2D eigenvalue weighted by atomic mass is 9.86. The van der Waals surface area contributed by atoms with Gasteiger partial charge in [0, 0.05) is 11.7 Å². The third kappa shape index (κ3) is 4.57. The number of para-hydroxylation sites is 1. The van der Waals surface area contributed by atoms with E-state index in [-0.39, 0.29) is 0 Å². The Morgan fingerprint density at radius 2 is 1.71 bits per heavy atom. The molecule has 3 heteroatoms. The second-order valence-electron chi connectivity index (χ2n) is 6.79. The quantitative estimate of drug-likeness (QED) is 0.755. The van der Waals surface area contributed by atoms with Crippen molar-refractivity contribution < 1.29 is 0 Å². The minimum absolute atomic E-state index is 0.500. The molecule has 0 spiro atoms. The molecule has 1 aliphatic rings. The normalized spacial score (nSPS) is 20.4. The fourth-order valence-electron chi connectivity index (χ4n) is 3.47.